The number of nitro groups is 1. The zero-order valence-corrected chi connectivity index (χ0v) is 11.0. The maximum atomic E-state index is 11.0. The Kier molecular flexibility index (Phi) is 4.93. The van der Waals surface area contributed by atoms with Crippen molar-refractivity contribution < 1.29 is 4.92 Å². The highest BCUT2D eigenvalue weighted by molar-refractivity contribution is 6.17. The maximum Gasteiger partial charge on any atom is 0.292 e. The summed E-state index contributed by atoms with van der Waals surface area (Å²) in [5.74, 6) is 0.235. The summed E-state index contributed by atoms with van der Waals surface area (Å²) in [4.78, 5) is 12.4. The molecule has 0 heterocycles. The minimum atomic E-state index is -0.430. The molecule has 0 aromatic heterocycles. The summed E-state index contributed by atoms with van der Waals surface area (Å²) in [6.45, 7) is 1.85. The normalized spacial score (nSPS) is 11.7. The number of anilines is 1. The van der Waals surface area contributed by atoms with Crippen LogP contribution in [0.25, 0.3) is 0 Å². The van der Waals surface area contributed by atoms with Crippen LogP contribution in [0.15, 0.2) is 18.2 Å². The van der Waals surface area contributed by atoms with Crippen molar-refractivity contribution >= 4 is 23.0 Å². The first-order chi connectivity index (χ1) is 8.51. The Hall–Kier alpha value is -1.80. The van der Waals surface area contributed by atoms with Gasteiger partial charge in [0.2, 0.25) is 0 Å². The van der Waals surface area contributed by atoms with Gasteiger partial charge >= 0.3 is 0 Å². The highest BCUT2D eigenvalue weighted by Gasteiger charge is 2.20. The van der Waals surface area contributed by atoms with E-state index in [4.69, 9.17) is 16.9 Å². The Balaban J connectivity index is 3.15. The molecule has 0 spiro atoms. The van der Waals surface area contributed by atoms with Gasteiger partial charge in [-0.2, -0.15) is 5.26 Å². The summed E-state index contributed by atoms with van der Waals surface area (Å²) in [5, 5.41) is 19.7. The number of halogens is 1. The van der Waals surface area contributed by atoms with Crippen molar-refractivity contribution in [3.63, 3.8) is 0 Å². The number of nitrogens with zero attached hydrogens (tertiary/aromatic N) is 3. The smallest absolute Gasteiger partial charge is 0.292 e. The third kappa shape index (κ3) is 3.11. The van der Waals surface area contributed by atoms with Crippen molar-refractivity contribution in [1.82, 2.24) is 0 Å². The highest BCUT2D eigenvalue weighted by Crippen LogP contribution is 2.30. The Morgan fingerprint density at radius 1 is 1.61 bits per heavy atom. The second-order valence-corrected chi connectivity index (χ2v) is 4.30. The molecule has 0 fully saturated rings. The van der Waals surface area contributed by atoms with Crippen molar-refractivity contribution in [3.8, 4) is 6.07 Å². The van der Waals surface area contributed by atoms with Crippen LogP contribution in [-0.4, -0.2) is 18.0 Å². The van der Waals surface area contributed by atoms with Crippen LogP contribution < -0.4 is 4.90 Å². The molecule has 1 rings (SSSR count). The van der Waals surface area contributed by atoms with Crippen molar-refractivity contribution in [2.24, 2.45) is 0 Å². The van der Waals surface area contributed by atoms with E-state index < -0.39 is 4.92 Å². The Bertz CT molecular complexity index is 485. The van der Waals surface area contributed by atoms with Crippen LogP contribution in [0, 0.1) is 21.4 Å². The van der Waals surface area contributed by atoms with Crippen molar-refractivity contribution in [2.75, 3.05) is 11.9 Å². The first-order valence-electron chi connectivity index (χ1n) is 5.44. The highest BCUT2D eigenvalue weighted by atomic mass is 35.5. The molecule has 0 saturated carbocycles. The molecule has 0 saturated heterocycles. The lowest BCUT2D eigenvalue weighted by Gasteiger charge is -2.24. The Morgan fingerprint density at radius 2 is 2.28 bits per heavy atom. The summed E-state index contributed by atoms with van der Waals surface area (Å²) >= 11 is 5.67. The number of nitro benzene ring substituents is 1. The summed E-state index contributed by atoms with van der Waals surface area (Å²) in [6, 6.07) is 6.86. The van der Waals surface area contributed by atoms with E-state index in [1.807, 2.05) is 6.92 Å². The number of hydrogen-bond donors (Lipinski definition) is 0. The average Bonchev–Trinajstić information content (AvgIpc) is 2.37. The third-order valence-corrected chi connectivity index (χ3v) is 3.13. The predicted molar refractivity (Wildman–Crippen MR) is 70.7 cm³/mol. The zero-order valence-electron chi connectivity index (χ0n) is 10.3. The van der Waals surface area contributed by atoms with E-state index in [1.54, 1.807) is 24.1 Å². The van der Waals surface area contributed by atoms with Gasteiger partial charge in [0.15, 0.2) is 0 Å². The van der Waals surface area contributed by atoms with Crippen LogP contribution in [0.5, 0.6) is 0 Å². The van der Waals surface area contributed by atoms with E-state index in [0.717, 1.165) is 0 Å². The average molecular weight is 268 g/mol. The first kappa shape index (κ1) is 14.3. The molecule has 1 atom stereocenters. The Labute approximate surface area is 111 Å². The minimum absolute atomic E-state index is 0.0143. The van der Waals surface area contributed by atoms with E-state index in [1.165, 1.54) is 6.07 Å². The number of hydrogen-bond acceptors (Lipinski definition) is 4. The van der Waals surface area contributed by atoms with Crippen LogP contribution in [-0.2, 0) is 5.88 Å². The number of alkyl halides is 1. The van der Waals surface area contributed by atoms with Crippen molar-refractivity contribution in [2.45, 2.75) is 25.3 Å². The fourth-order valence-electron chi connectivity index (χ4n) is 1.60. The molecule has 5 nitrogen and oxygen atoms in total. The van der Waals surface area contributed by atoms with Gasteiger partial charge in [-0.15, -0.1) is 11.6 Å². The van der Waals surface area contributed by atoms with Gasteiger partial charge in [-0.3, -0.25) is 10.1 Å². The fourth-order valence-corrected chi connectivity index (χ4v) is 1.77. The van der Waals surface area contributed by atoms with Gasteiger partial charge in [-0.25, -0.2) is 0 Å². The number of nitriles is 1. The predicted octanol–water partition coefficient (Wildman–Crippen LogP) is 3.07. The molecule has 0 amide bonds. The molecule has 1 unspecified atom stereocenters. The van der Waals surface area contributed by atoms with E-state index in [0.29, 0.717) is 17.7 Å². The molecule has 0 radical (unpaired) electrons. The molecule has 0 aliphatic rings. The van der Waals surface area contributed by atoms with Crippen LogP contribution in [0.2, 0.25) is 0 Å². The molecule has 0 aliphatic carbocycles. The van der Waals surface area contributed by atoms with Crippen LogP contribution in [0.3, 0.4) is 0 Å². The van der Waals surface area contributed by atoms with Gasteiger partial charge in [0.05, 0.1) is 17.4 Å². The summed E-state index contributed by atoms with van der Waals surface area (Å²) in [6.07, 6.45) is 0.310. The quantitative estimate of drug-likeness (QED) is 0.467. The van der Waals surface area contributed by atoms with E-state index in [9.17, 15) is 10.1 Å². The largest absolute Gasteiger partial charge is 0.365 e. The second-order valence-electron chi connectivity index (χ2n) is 4.04. The van der Waals surface area contributed by atoms with Gasteiger partial charge in [0.1, 0.15) is 5.69 Å². The lowest BCUT2D eigenvalue weighted by atomic mass is 10.1. The molecular formula is C12H14ClN3O2. The van der Waals surface area contributed by atoms with Gasteiger partial charge in [0, 0.05) is 25.0 Å². The zero-order chi connectivity index (χ0) is 13.7. The lowest BCUT2D eigenvalue weighted by Crippen LogP contribution is -2.28. The third-order valence-electron chi connectivity index (χ3n) is 2.82. The van der Waals surface area contributed by atoms with E-state index >= 15 is 0 Å². The fraction of sp³-hybridized carbons (Fsp3) is 0.417. The summed E-state index contributed by atoms with van der Waals surface area (Å²) in [7, 11) is 1.74. The molecule has 0 aliphatic heterocycles. The van der Waals surface area contributed by atoms with Crippen LogP contribution in [0.1, 0.15) is 18.9 Å². The molecule has 18 heavy (non-hydrogen) atoms. The monoisotopic (exact) mass is 267 g/mol. The second kappa shape index (κ2) is 6.22. The van der Waals surface area contributed by atoms with Crippen molar-refractivity contribution in [3.05, 3.63) is 33.9 Å². The maximum absolute atomic E-state index is 11.0. The summed E-state index contributed by atoms with van der Waals surface area (Å²) < 4.78 is 0. The van der Waals surface area contributed by atoms with Gasteiger partial charge in [0.25, 0.3) is 5.69 Å². The molecule has 0 bridgehead atoms. The Morgan fingerprint density at radius 3 is 2.78 bits per heavy atom. The number of rotatable bonds is 5. The standard InChI is InChI=1S/C12H14ClN3O2/c1-9(5-6-14)15(2)11-4-3-10(8-13)7-12(11)16(17)18/h3-4,7,9H,5,8H2,1-2H3. The summed E-state index contributed by atoms with van der Waals surface area (Å²) in [5.41, 5.74) is 1.21. The molecule has 1 aromatic rings. The van der Waals surface area contributed by atoms with Crippen molar-refractivity contribution in [1.29, 1.82) is 5.26 Å². The number of benzene rings is 1. The van der Waals surface area contributed by atoms with Crippen LogP contribution >= 0.6 is 11.6 Å². The lowest BCUT2D eigenvalue weighted by molar-refractivity contribution is -0.384. The molecular weight excluding hydrogens is 254 g/mol. The van der Waals surface area contributed by atoms with Gasteiger partial charge < -0.3 is 4.90 Å². The molecule has 0 N–H and O–H groups in total. The topological polar surface area (TPSA) is 70.2 Å². The molecule has 96 valence electrons. The molecule has 6 heteroatoms. The van der Waals surface area contributed by atoms with E-state index in [-0.39, 0.29) is 17.6 Å². The molecule has 1 aromatic carbocycles. The van der Waals surface area contributed by atoms with E-state index in [2.05, 4.69) is 6.07 Å². The minimum Gasteiger partial charge on any atom is -0.365 e. The SMILES string of the molecule is CC(CC#N)N(C)c1ccc(CCl)cc1[N+](=O)[O-]. The van der Waals surface area contributed by atoms with Gasteiger partial charge in [-0.05, 0) is 18.6 Å². The van der Waals surface area contributed by atoms with Crippen LogP contribution in [0.4, 0.5) is 11.4 Å². The van der Waals surface area contributed by atoms with Gasteiger partial charge in [-0.1, -0.05) is 6.07 Å². The first-order valence-corrected chi connectivity index (χ1v) is 5.97.